The molecule has 1 aromatic rings. The van der Waals surface area contributed by atoms with E-state index in [4.69, 9.17) is 10.5 Å². The highest BCUT2D eigenvalue weighted by molar-refractivity contribution is 5.33. The van der Waals surface area contributed by atoms with Gasteiger partial charge in [-0.25, -0.2) is 0 Å². The summed E-state index contributed by atoms with van der Waals surface area (Å²) in [6.45, 7) is 0. The maximum atomic E-state index is 12.9. The molecule has 2 nitrogen and oxygen atoms in total. The van der Waals surface area contributed by atoms with Crippen molar-refractivity contribution in [1.82, 2.24) is 0 Å². The molecular weight excluding hydrogens is 335 g/mol. The SMILES string of the molecule is N#CC(F)=CCCC1CCC(C2CCC(c3ccc(C#N)cc3)CC2)CC1. The molecule has 142 valence electrons. The van der Waals surface area contributed by atoms with Gasteiger partial charge in [-0.1, -0.05) is 25.0 Å². The van der Waals surface area contributed by atoms with Crippen LogP contribution in [-0.2, 0) is 0 Å². The van der Waals surface area contributed by atoms with E-state index in [1.807, 2.05) is 12.1 Å². The van der Waals surface area contributed by atoms with Crippen LogP contribution in [0.3, 0.4) is 0 Å². The zero-order valence-corrected chi connectivity index (χ0v) is 16.0. The van der Waals surface area contributed by atoms with Crippen LogP contribution in [0, 0.1) is 40.4 Å². The Hall–Kier alpha value is -2.13. The molecule has 0 amide bonds. The zero-order chi connectivity index (χ0) is 19.1. The molecule has 0 heterocycles. The molecule has 2 fully saturated rings. The first-order chi connectivity index (χ1) is 13.2. The molecule has 0 N–H and O–H groups in total. The Bertz CT molecular complexity index is 706. The van der Waals surface area contributed by atoms with Gasteiger partial charge in [0.15, 0.2) is 5.83 Å². The van der Waals surface area contributed by atoms with Gasteiger partial charge in [-0.15, -0.1) is 0 Å². The van der Waals surface area contributed by atoms with Crippen LogP contribution >= 0.6 is 0 Å². The van der Waals surface area contributed by atoms with Gasteiger partial charge in [-0.3, -0.25) is 0 Å². The average Bonchev–Trinajstić information content (AvgIpc) is 2.74. The second-order valence-corrected chi connectivity index (χ2v) is 8.37. The molecule has 0 bridgehead atoms. The monoisotopic (exact) mass is 364 g/mol. The third-order valence-corrected chi connectivity index (χ3v) is 6.85. The van der Waals surface area contributed by atoms with E-state index in [2.05, 4.69) is 18.2 Å². The van der Waals surface area contributed by atoms with E-state index < -0.39 is 5.83 Å². The van der Waals surface area contributed by atoms with Gasteiger partial charge in [0.25, 0.3) is 0 Å². The standard InChI is InChI=1S/C24H29FN2/c25-24(17-27)3-1-2-18-4-8-20(9-5-18)22-12-14-23(15-13-22)21-10-6-19(16-26)7-11-21/h3,6-7,10-11,18,20,22-23H,1-2,4-5,8-9,12-15H2. The molecule has 1 aromatic carbocycles. The molecule has 2 aliphatic rings. The van der Waals surface area contributed by atoms with Crippen molar-refractivity contribution >= 4 is 0 Å². The van der Waals surface area contributed by atoms with Gasteiger partial charge in [0.05, 0.1) is 11.6 Å². The Morgan fingerprint density at radius 2 is 1.52 bits per heavy atom. The number of hydrogen-bond acceptors (Lipinski definition) is 2. The minimum Gasteiger partial charge on any atom is -0.195 e. The van der Waals surface area contributed by atoms with Crippen LogP contribution in [-0.4, -0.2) is 0 Å². The molecule has 2 saturated carbocycles. The molecule has 0 saturated heterocycles. The van der Waals surface area contributed by atoms with Gasteiger partial charge in [0.2, 0.25) is 0 Å². The number of nitriles is 2. The molecular formula is C24H29FN2. The number of rotatable bonds is 5. The molecule has 3 heteroatoms. The first-order valence-electron chi connectivity index (χ1n) is 10.5. The third kappa shape index (κ3) is 5.43. The third-order valence-electron chi connectivity index (χ3n) is 6.85. The van der Waals surface area contributed by atoms with Crippen LogP contribution in [0.15, 0.2) is 36.2 Å². The summed E-state index contributed by atoms with van der Waals surface area (Å²) in [5.74, 6) is 2.47. The lowest BCUT2D eigenvalue weighted by atomic mass is 9.68. The summed E-state index contributed by atoms with van der Waals surface area (Å²) >= 11 is 0. The summed E-state index contributed by atoms with van der Waals surface area (Å²) in [6, 6.07) is 11.9. The quantitative estimate of drug-likeness (QED) is 0.540. The highest BCUT2D eigenvalue weighted by atomic mass is 19.1. The Kier molecular flexibility index (Phi) is 7.05. The van der Waals surface area contributed by atoms with Crippen LogP contribution in [0.5, 0.6) is 0 Å². The number of nitrogens with zero attached hydrogens (tertiary/aromatic N) is 2. The van der Waals surface area contributed by atoms with Crippen molar-refractivity contribution in [2.45, 2.75) is 70.1 Å². The number of allylic oxidation sites excluding steroid dienone is 2. The summed E-state index contributed by atoms with van der Waals surface area (Å²) in [4.78, 5) is 0. The molecule has 0 radical (unpaired) electrons. The van der Waals surface area contributed by atoms with Crippen LogP contribution in [0.4, 0.5) is 4.39 Å². The first kappa shape index (κ1) is 19.6. The smallest absolute Gasteiger partial charge is 0.195 e. The lowest BCUT2D eigenvalue weighted by Gasteiger charge is -2.38. The van der Waals surface area contributed by atoms with Gasteiger partial charge in [0, 0.05) is 0 Å². The van der Waals surface area contributed by atoms with Crippen molar-refractivity contribution in [1.29, 1.82) is 10.5 Å². The fraction of sp³-hybridized carbons (Fsp3) is 0.583. The summed E-state index contributed by atoms with van der Waals surface area (Å²) in [6.07, 6.45) is 13.5. The number of halogens is 1. The Morgan fingerprint density at radius 3 is 2.07 bits per heavy atom. The predicted octanol–water partition coefficient (Wildman–Crippen LogP) is 6.80. The van der Waals surface area contributed by atoms with Crippen LogP contribution in [0.25, 0.3) is 0 Å². The van der Waals surface area contributed by atoms with Crippen molar-refractivity contribution in [2.24, 2.45) is 17.8 Å². The van der Waals surface area contributed by atoms with Gasteiger partial charge >= 0.3 is 0 Å². The van der Waals surface area contributed by atoms with Gasteiger partial charge in [-0.2, -0.15) is 14.9 Å². The van der Waals surface area contributed by atoms with E-state index >= 15 is 0 Å². The van der Waals surface area contributed by atoms with Crippen LogP contribution < -0.4 is 0 Å². The summed E-state index contributed by atoms with van der Waals surface area (Å²) in [5, 5.41) is 17.4. The Balaban J connectivity index is 1.40. The van der Waals surface area contributed by atoms with E-state index in [-0.39, 0.29) is 0 Å². The molecule has 3 rings (SSSR count). The fourth-order valence-corrected chi connectivity index (χ4v) is 5.19. The first-order valence-corrected chi connectivity index (χ1v) is 10.5. The molecule has 0 atom stereocenters. The number of hydrogen-bond donors (Lipinski definition) is 0. The maximum Gasteiger partial charge on any atom is 0.196 e. The highest BCUT2D eigenvalue weighted by Crippen LogP contribution is 2.44. The largest absolute Gasteiger partial charge is 0.196 e. The van der Waals surface area contributed by atoms with E-state index in [0.29, 0.717) is 18.3 Å². The predicted molar refractivity (Wildman–Crippen MR) is 105 cm³/mol. The van der Waals surface area contributed by atoms with Crippen molar-refractivity contribution in [3.05, 3.63) is 47.3 Å². The van der Waals surface area contributed by atoms with Crippen molar-refractivity contribution in [2.75, 3.05) is 0 Å². The normalized spacial score (nSPS) is 28.9. The van der Waals surface area contributed by atoms with Gasteiger partial charge < -0.3 is 0 Å². The Morgan fingerprint density at radius 1 is 0.926 bits per heavy atom. The molecule has 0 unspecified atom stereocenters. The summed E-state index contributed by atoms with van der Waals surface area (Å²) in [5.41, 5.74) is 2.14. The van der Waals surface area contributed by atoms with Crippen LogP contribution in [0.2, 0.25) is 0 Å². The van der Waals surface area contributed by atoms with E-state index in [1.54, 1.807) is 6.07 Å². The fourth-order valence-electron chi connectivity index (χ4n) is 5.19. The van der Waals surface area contributed by atoms with Crippen molar-refractivity contribution in [3.63, 3.8) is 0 Å². The second kappa shape index (κ2) is 9.70. The number of benzene rings is 1. The highest BCUT2D eigenvalue weighted by Gasteiger charge is 2.31. The molecule has 2 aliphatic carbocycles. The summed E-state index contributed by atoms with van der Waals surface area (Å²) in [7, 11) is 0. The van der Waals surface area contributed by atoms with Gasteiger partial charge in [-0.05, 0) is 98.8 Å². The zero-order valence-electron chi connectivity index (χ0n) is 16.0. The maximum absolute atomic E-state index is 12.9. The molecule has 0 aromatic heterocycles. The van der Waals surface area contributed by atoms with E-state index in [1.165, 1.54) is 63.0 Å². The minimum atomic E-state index is -0.636. The van der Waals surface area contributed by atoms with Gasteiger partial charge in [0.1, 0.15) is 6.07 Å². The summed E-state index contributed by atoms with van der Waals surface area (Å²) < 4.78 is 12.9. The average molecular weight is 365 g/mol. The Labute approximate surface area is 162 Å². The van der Waals surface area contributed by atoms with Crippen molar-refractivity contribution < 1.29 is 4.39 Å². The van der Waals surface area contributed by atoms with E-state index in [0.717, 1.165) is 23.8 Å². The molecule has 27 heavy (non-hydrogen) atoms. The van der Waals surface area contributed by atoms with E-state index in [9.17, 15) is 4.39 Å². The van der Waals surface area contributed by atoms with Crippen LogP contribution in [0.1, 0.15) is 81.3 Å². The topological polar surface area (TPSA) is 47.6 Å². The molecule has 0 spiro atoms. The second-order valence-electron chi connectivity index (χ2n) is 8.37. The lowest BCUT2D eigenvalue weighted by molar-refractivity contribution is 0.157. The van der Waals surface area contributed by atoms with Crippen molar-refractivity contribution in [3.8, 4) is 12.1 Å². The minimum absolute atomic E-state index is 0.636. The molecule has 0 aliphatic heterocycles. The lowest BCUT2D eigenvalue weighted by Crippen LogP contribution is -2.25.